The molecule has 112 valence electrons. The van der Waals surface area contributed by atoms with Crippen molar-refractivity contribution in [1.29, 1.82) is 0 Å². The van der Waals surface area contributed by atoms with Gasteiger partial charge in [-0.2, -0.15) is 0 Å². The van der Waals surface area contributed by atoms with E-state index in [0.29, 0.717) is 10.6 Å². The summed E-state index contributed by atoms with van der Waals surface area (Å²) in [5.74, 6) is -0.0762. The van der Waals surface area contributed by atoms with Crippen molar-refractivity contribution < 1.29 is 4.79 Å². The molecular formula is C19H12ClNOS. The minimum absolute atomic E-state index is 0.0762. The van der Waals surface area contributed by atoms with Crippen LogP contribution >= 0.6 is 23.4 Å². The predicted molar refractivity (Wildman–Crippen MR) is 94.9 cm³/mol. The second kappa shape index (κ2) is 5.76. The summed E-state index contributed by atoms with van der Waals surface area (Å²) in [7, 11) is 0. The smallest absolute Gasteiger partial charge is 0.262 e. The lowest BCUT2D eigenvalue weighted by atomic mass is 10.1. The van der Waals surface area contributed by atoms with Crippen molar-refractivity contribution >= 4 is 40.6 Å². The number of hydrogen-bond acceptors (Lipinski definition) is 2. The molecule has 0 N–H and O–H groups in total. The zero-order valence-corrected chi connectivity index (χ0v) is 13.6. The fourth-order valence-electron chi connectivity index (χ4n) is 2.67. The van der Waals surface area contributed by atoms with E-state index in [4.69, 9.17) is 11.6 Å². The molecule has 2 nitrogen and oxygen atoms in total. The van der Waals surface area contributed by atoms with Gasteiger partial charge in [0.25, 0.3) is 5.91 Å². The van der Waals surface area contributed by atoms with E-state index in [-0.39, 0.29) is 5.91 Å². The fraction of sp³-hybridized carbons (Fsp3) is 0. The van der Waals surface area contributed by atoms with Crippen molar-refractivity contribution in [3.05, 3.63) is 83.4 Å². The van der Waals surface area contributed by atoms with Crippen molar-refractivity contribution in [2.24, 2.45) is 0 Å². The van der Waals surface area contributed by atoms with Gasteiger partial charge in [0.1, 0.15) is 0 Å². The maximum Gasteiger partial charge on any atom is 0.262 e. The lowest BCUT2D eigenvalue weighted by Gasteiger charge is -2.31. The summed E-state index contributed by atoms with van der Waals surface area (Å²) in [5, 5.41) is 0.559. The molecule has 3 aromatic rings. The van der Waals surface area contributed by atoms with Gasteiger partial charge in [0.05, 0.1) is 11.4 Å². The quantitative estimate of drug-likeness (QED) is 0.560. The number of para-hydroxylation sites is 2. The van der Waals surface area contributed by atoms with Crippen molar-refractivity contribution in [1.82, 2.24) is 0 Å². The summed E-state index contributed by atoms with van der Waals surface area (Å²) in [6, 6.07) is 23.0. The number of rotatable bonds is 1. The Kier molecular flexibility index (Phi) is 3.60. The van der Waals surface area contributed by atoms with Crippen LogP contribution in [0.1, 0.15) is 10.4 Å². The number of benzene rings is 3. The van der Waals surface area contributed by atoms with Crippen LogP contribution in [0.3, 0.4) is 0 Å². The van der Waals surface area contributed by atoms with Crippen molar-refractivity contribution in [2.75, 3.05) is 4.90 Å². The average Bonchev–Trinajstić information content (AvgIpc) is 2.59. The van der Waals surface area contributed by atoms with Crippen LogP contribution in [-0.2, 0) is 0 Å². The van der Waals surface area contributed by atoms with Crippen LogP contribution in [0.15, 0.2) is 82.6 Å². The van der Waals surface area contributed by atoms with Crippen LogP contribution in [0.5, 0.6) is 0 Å². The van der Waals surface area contributed by atoms with E-state index in [1.807, 2.05) is 48.5 Å². The largest absolute Gasteiger partial charge is 0.275 e. The summed E-state index contributed by atoms with van der Waals surface area (Å²) in [6.07, 6.45) is 0. The molecule has 23 heavy (non-hydrogen) atoms. The molecule has 4 rings (SSSR count). The van der Waals surface area contributed by atoms with Crippen LogP contribution in [0.25, 0.3) is 0 Å². The van der Waals surface area contributed by atoms with E-state index in [2.05, 4.69) is 0 Å². The lowest BCUT2D eigenvalue weighted by molar-refractivity contribution is 0.0998. The van der Waals surface area contributed by atoms with Gasteiger partial charge in [0.2, 0.25) is 0 Å². The predicted octanol–water partition coefficient (Wildman–Crippen LogP) is 5.78. The van der Waals surface area contributed by atoms with Crippen molar-refractivity contribution in [2.45, 2.75) is 9.79 Å². The first-order chi connectivity index (χ1) is 11.2. The molecular weight excluding hydrogens is 326 g/mol. The molecule has 0 unspecified atom stereocenters. The number of halogens is 1. The van der Waals surface area contributed by atoms with Gasteiger partial charge in [-0.25, -0.2) is 0 Å². The third-order valence-electron chi connectivity index (χ3n) is 3.71. The molecule has 1 amide bonds. The summed E-state index contributed by atoms with van der Waals surface area (Å²) in [6.45, 7) is 0. The zero-order valence-electron chi connectivity index (χ0n) is 12.1. The number of amides is 1. The second-order valence-corrected chi connectivity index (χ2v) is 6.71. The van der Waals surface area contributed by atoms with E-state index in [9.17, 15) is 4.79 Å². The molecule has 0 aromatic heterocycles. The SMILES string of the molecule is O=C(c1cccc(Cl)c1)N1c2ccccc2Sc2ccccc21. The number of hydrogen-bond donors (Lipinski definition) is 0. The van der Waals surface area contributed by atoms with Gasteiger partial charge in [0.15, 0.2) is 0 Å². The van der Waals surface area contributed by atoms with Crippen molar-refractivity contribution in [3.63, 3.8) is 0 Å². The van der Waals surface area contributed by atoms with E-state index in [0.717, 1.165) is 21.2 Å². The molecule has 0 saturated heterocycles. The summed E-state index contributed by atoms with van der Waals surface area (Å²) in [5.41, 5.74) is 2.39. The summed E-state index contributed by atoms with van der Waals surface area (Å²) >= 11 is 7.74. The molecule has 1 aliphatic rings. The Bertz CT molecular complexity index is 864. The van der Waals surface area contributed by atoms with Crippen LogP contribution in [0.2, 0.25) is 5.02 Å². The minimum Gasteiger partial charge on any atom is -0.275 e. The molecule has 0 atom stereocenters. The zero-order chi connectivity index (χ0) is 15.8. The summed E-state index contributed by atoms with van der Waals surface area (Å²) < 4.78 is 0. The molecule has 0 radical (unpaired) electrons. The molecule has 1 heterocycles. The molecule has 0 bridgehead atoms. The third-order valence-corrected chi connectivity index (χ3v) is 5.07. The lowest BCUT2D eigenvalue weighted by Crippen LogP contribution is -2.28. The first-order valence-corrected chi connectivity index (χ1v) is 8.39. The normalized spacial score (nSPS) is 12.5. The molecule has 0 aliphatic carbocycles. The Morgan fingerprint density at radius 2 is 1.43 bits per heavy atom. The van der Waals surface area contributed by atoms with E-state index >= 15 is 0 Å². The van der Waals surface area contributed by atoms with Crippen LogP contribution < -0.4 is 4.90 Å². The highest BCUT2D eigenvalue weighted by Crippen LogP contribution is 2.48. The second-order valence-electron chi connectivity index (χ2n) is 5.19. The highest BCUT2D eigenvalue weighted by molar-refractivity contribution is 7.99. The van der Waals surface area contributed by atoms with Crippen LogP contribution in [-0.4, -0.2) is 5.91 Å². The Balaban J connectivity index is 1.89. The van der Waals surface area contributed by atoms with Gasteiger partial charge >= 0.3 is 0 Å². The van der Waals surface area contributed by atoms with Gasteiger partial charge in [-0.1, -0.05) is 53.7 Å². The molecule has 0 fully saturated rings. The molecule has 1 aliphatic heterocycles. The average molecular weight is 338 g/mol. The van der Waals surface area contributed by atoms with Crippen LogP contribution in [0.4, 0.5) is 11.4 Å². The van der Waals surface area contributed by atoms with E-state index in [1.54, 1.807) is 40.9 Å². The molecule has 4 heteroatoms. The molecule has 0 spiro atoms. The number of nitrogens with zero attached hydrogens (tertiary/aromatic N) is 1. The van der Waals surface area contributed by atoms with Gasteiger partial charge < -0.3 is 0 Å². The number of carbonyl (C=O) groups is 1. The Morgan fingerprint density at radius 3 is 2.04 bits per heavy atom. The highest BCUT2D eigenvalue weighted by atomic mass is 35.5. The maximum atomic E-state index is 13.1. The Morgan fingerprint density at radius 1 is 0.826 bits per heavy atom. The Labute approximate surface area is 143 Å². The molecule has 3 aromatic carbocycles. The highest BCUT2D eigenvalue weighted by Gasteiger charge is 2.28. The van der Waals surface area contributed by atoms with Crippen LogP contribution in [0, 0.1) is 0 Å². The standard InChI is InChI=1S/C19H12ClNOS/c20-14-7-5-6-13(12-14)19(22)21-15-8-1-3-10-17(15)23-18-11-4-2-9-16(18)21/h1-12H. The molecule has 0 saturated carbocycles. The van der Waals surface area contributed by atoms with Gasteiger partial charge in [0, 0.05) is 20.4 Å². The maximum absolute atomic E-state index is 13.1. The number of anilines is 2. The number of carbonyl (C=O) groups excluding carboxylic acids is 1. The number of fused-ring (bicyclic) bond motifs is 2. The first kappa shape index (κ1) is 14.4. The van der Waals surface area contributed by atoms with Gasteiger partial charge in [-0.3, -0.25) is 9.69 Å². The van der Waals surface area contributed by atoms with Gasteiger partial charge in [-0.05, 0) is 42.5 Å². The third kappa shape index (κ3) is 2.52. The Hall–Kier alpha value is -2.23. The minimum atomic E-state index is -0.0762. The van der Waals surface area contributed by atoms with E-state index < -0.39 is 0 Å². The fourth-order valence-corrected chi connectivity index (χ4v) is 3.92. The van der Waals surface area contributed by atoms with Gasteiger partial charge in [-0.15, -0.1) is 0 Å². The summed E-state index contributed by atoms with van der Waals surface area (Å²) in [4.78, 5) is 17.0. The first-order valence-electron chi connectivity index (χ1n) is 7.20. The van der Waals surface area contributed by atoms with E-state index in [1.165, 1.54) is 0 Å². The monoisotopic (exact) mass is 337 g/mol. The van der Waals surface area contributed by atoms with Crippen molar-refractivity contribution in [3.8, 4) is 0 Å². The topological polar surface area (TPSA) is 20.3 Å².